The summed E-state index contributed by atoms with van der Waals surface area (Å²) in [7, 11) is 0. The predicted octanol–water partition coefficient (Wildman–Crippen LogP) is 4.39. The summed E-state index contributed by atoms with van der Waals surface area (Å²) in [6.45, 7) is 0.225. The second-order valence-corrected chi connectivity index (χ2v) is 7.09. The van der Waals surface area contributed by atoms with Crippen LogP contribution in [0.25, 0.3) is 6.08 Å². The Kier molecular flexibility index (Phi) is 5.25. The molecule has 0 aromatic heterocycles. The van der Waals surface area contributed by atoms with Crippen molar-refractivity contribution in [3.8, 4) is 0 Å². The van der Waals surface area contributed by atoms with Crippen LogP contribution in [0.15, 0.2) is 97.1 Å². The highest BCUT2D eigenvalue weighted by Crippen LogP contribution is 2.33. The van der Waals surface area contributed by atoms with E-state index in [1.165, 1.54) is 4.90 Å². The highest BCUT2D eigenvalue weighted by molar-refractivity contribution is 6.07. The fourth-order valence-electron chi connectivity index (χ4n) is 3.69. The number of urea groups is 1. The zero-order valence-electron chi connectivity index (χ0n) is 16.0. The van der Waals surface area contributed by atoms with Gasteiger partial charge in [0.15, 0.2) is 5.54 Å². The molecule has 0 unspecified atom stereocenters. The van der Waals surface area contributed by atoms with Gasteiger partial charge in [-0.2, -0.15) is 0 Å². The van der Waals surface area contributed by atoms with Crippen molar-refractivity contribution in [1.29, 1.82) is 0 Å². The fourth-order valence-corrected chi connectivity index (χ4v) is 3.69. The summed E-state index contributed by atoms with van der Waals surface area (Å²) in [6, 6.07) is 28.7. The quantitative estimate of drug-likeness (QED) is 0.643. The van der Waals surface area contributed by atoms with Crippen molar-refractivity contribution < 1.29 is 9.59 Å². The molecule has 1 heterocycles. The molecule has 1 atom stereocenters. The molecule has 1 fully saturated rings. The molecule has 0 spiro atoms. The van der Waals surface area contributed by atoms with Gasteiger partial charge in [0, 0.05) is 13.0 Å². The second kappa shape index (κ2) is 8.15. The van der Waals surface area contributed by atoms with Gasteiger partial charge in [-0.3, -0.25) is 9.69 Å². The number of amides is 3. The van der Waals surface area contributed by atoms with Gasteiger partial charge in [-0.1, -0.05) is 103 Å². The predicted molar refractivity (Wildman–Crippen MR) is 114 cm³/mol. The molecule has 3 amide bonds. The van der Waals surface area contributed by atoms with Crippen LogP contribution >= 0.6 is 0 Å². The number of carbonyl (C=O) groups excluding carboxylic acids is 2. The topological polar surface area (TPSA) is 49.4 Å². The molecule has 4 rings (SSSR count). The molecule has 3 aromatic rings. The highest BCUT2D eigenvalue weighted by Gasteiger charge is 2.51. The van der Waals surface area contributed by atoms with E-state index >= 15 is 0 Å². The lowest BCUT2D eigenvalue weighted by molar-refractivity contribution is -0.131. The monoisotopic (exact) mass is 382 g/mol. The van der Waals surface area contributed by atoms with Gasteiger partial charge in [-0.25, -0.2) is 4.79 Å². The summed E-state index contributed by atoms with van der Waals surface area (Å²) in [6.07, 6.45) is 4.16. The summed E-state index contributed by atoms with van der Waals surface area (Å²) < 4.78 is 0. The van der Waals surface area contributed by atoms with Crippen molar-refractivity contribution in [2.24, 2.45) is 0 Å². The number of nitrogens with zero attached hydrogens (tertiary/aromatic N) is 1. The van der Waals surface area contributed by atoms with E-state index in [1.54, 1.807) is 0 Å². The first-order valence-electron chi connectivity index (χ1n) is 9.64. The van der Waals surface area contributed by atoms with E-state index in [0.717, 1.165) is 16.7 Å². The third kappa shape index (κ3) is 3.83. The molecule has 1 saturated heterocycles. The van der Waals surface area contributed by atoms with Gasteiger partial charge in [0.25, 0.3) is 5.91 Å². The molecule has 4 nitrogen and oxygen atoms in total. The van der Waals surface area contributed by atoms with Crippen LogP contribution in [0.3, 0.4) is 0 Å². The van der Waals surface area contributed by atoms with E-state index in [-0.39, 0.29) is 18.5 Å². The van der Waals surface area contributed by atoms with Gasteiger partial charge in [-0.05, 0) is 16.7 Å². The average molecular weight is 382 g/mol. The fraction of sp³-hybridized carbons (Fsp3) is 0.120. The van der Waals surface area contributed by atoms with Crippen LogP contribution < -0.4 is 5.32 Å². The Morgan fingerprint density at radius 3 is 2.03 bits per heavy atom. The van der Waals surface area contributed by atoms with Gasteiger partial charge in [0.1, 0.15) is 0 Å². The number of nitrogens with one attached hydrogen (secondary N) is 1. The van der Waals surface area contributed by atoms with Gasteiger partial charge < -0.3 is 5.32 Å². The largest absolute Gasteiger partial charge is 0.325 e. The summed E-state index contributed by atoms with van der Waals surface area (Å²) in [5.74, 6) is -0.227. The number of imide groups is 1. The molecule has 1 aliphatic heterocycles. The molecule has 3 aromatic carbocycles. The van der Waals surface area contributed by atoms with Gasteiger partial charge in [-0.15, -0.1) is 0 Å². The van der Waals surface area contributed by atoms with Crippen molar-refractivity contribution in [3.05, 3.63) is 114 Å². The SMILES string of the molecule is O=C1N[C@@](Cc2ccccc2)(c2ccccc2)C(=O)N1C/C=C/c1ccccc1. The first-order chi connectivity index (χ1) is 14.2. The van der Waals surface area contributed by atoms with Gasteiger partial charge in [0.05, 0.1) is 0 Å². The molecule has 1 aliphatic rings. The Hall–Kier alpha value is -3.66. The summed E-state index contributed by atoms with van der Waals surface area (Å²) >= 11 is 0. The molecule has 0 saturated carbocycles. The summed E-state index contributed by atoms with van der Waals surface area (Å²) in [4.78, 5) is 27.5. The first-order valence-corrected chi connectivity index (χ1v) is 9.64. The second-order valence-electron chi connectivity index (χ2n) is 7.09. The van der Waals surface area contributed by atoms with Crippen molar-refractivity contribution >= 4 is 18.0 Å². The molecule has 0 bridgehead atoms. The Balaban J connectivity index is 1.63. The number of hydrogen-bond donors (Lipinski definition) is 1. The molecule has 1 N–H and O–H groups in total. The molecule has 0 aliphatic carbocycles. The first kappa shape index (κ1) is 18.7. The lowest BCUT2D eigenvalue weighted by atomic mass is 9.83. The van der Waals surface area contributed by atoms with Gasteiger partial charge >= 0.3 is 6.03 Å². The molecule has 4 heteroatoms. The zero-order chi connectivity index (χ0) is 20.1. The van der Waals surface area contributed by atoms with Crippen molar-refractivity contribution in [3.63, 3.8) is 0 Å². The maximum absolute atomic E-state index is 13.5. The Labute approximate surface area is 170 Å². The number of benzene rings is 3. The van der Waals surface area contributed by atoms with Crippen molar-refractivity contribution in [1.82, 2.24) is 10.2 Å². The van der Waals surface area contributed by atoms with E-state index in [0.29, 0.717) is 6.42 Å². The van der Waals surface area contributed by atoms with Crippen LogP contribution in [0.5, 0.6) is 0 Å². The van der Waals surface area contributed by atoms with Gasteiger partial charge in [0.2, 0.25) is 0 Å². The smallest absolute Gasteiger partial charge is 0.319 e. The van der Waals surface area contributed by atoms with E-state index in [9.17, 15) is 9.59 Å². The minimum absolute atomic E-state index is 0.225. The number of hydrogen-bond acceptors (Lipinski definition) is 2. The van der Waals surface area contributed by atoms with Crippen LogP contribution in [-0.4, -0.2) is 23.4 Å². The van der Waals surface area contributed by atoms with Crippen LogP contribution in [0, 0.1) is 0 Å². The van der Waals surface area contributed by atoms with Crippen molar-refractivity contribution in [2.75, 3.05) is 6.54 Å². The molecule has 0 radical (unpaired) electrons. The van der Waals surface area contributed by atoms with Crippen LogP contribution in [0.2, 0.25) is 0 Å². The Morgan fingerprint density at radius 2 is 1.38 bits per heavy atom. The number of carbonyl (C=O) groups is 2. The lowest BCUT2D eigenvalue weighted by Gasteiger charge is -2.27. The van der Waals surface area contributed by atoms with Crippen molar-refractivity contribution in [2.45, 2.75) is 12.0 Å². The lowest BCUT2D eigenvalue weighted by Crippen LogP contribution is -2.46. The molecule has 29 heavy (non-hydrogen) atoms. The van der Waals surface area contributed by atoms with E-state index < -0.39 is 5.54 Å². The average Bonchev–Trinajstić information content (AvgIpc) is 3.01. The highest BCUT2D eigenvalue weighted by atomic mass is 16.2. The third-order valence-electron chi connectivity index (χ3n) is 5.15. The maximum atomic E-state index is 13.5. The van der Waals surface area contributed by atoms with E-state index in [2.05, 4.69) is 5.32 Å². The van der Waals surface area contributed by atoms with Crippen LogP contribution in [0.1, 0.15) is 16.7 Å². The van der Waals surface area contributed by atoms with E-state index in [4.69, 9.17) is 0 Å². The molecule has 144 valence electrons. The third-order valence-corrected chi connectivity index (χ3v) is 5.15. The minimum atomic E-state index is -1.10. The zero-order valence-corrected chi connectivity index (χ0v) is 16.0. The minimum Gasteiger partial charge on any atom is -0.319 e. The Bertz CT molecular complexity index is 1020. The normalized spacial score (nSPS) is 19.0. The summed E-state index contributed by atoms with van der Waals surface area (Å²) in [5.41, 5.74) is 1.71. The maximum Gasteiger partial charge on any atom is 0.325 e. The number of rotatable bonds is 6. The Morgan fingerprint density at radius 1 is 0.793 bits per heavy atom. The van der Waals surface area contributed by atoms with E-state index in [1.807, 2.05) is 103 Å². The molecular formula is C25H22N2O2. The van der Waals surface area contributed by atoms with Crippen LogP contribution in [-0.2, 0) is 16.8 Å². The molecular weight excluding hydrogens is 360 g/mol. The standard InChI is InChI=1S/C25H22N2O2/c28-23-25(22-16-8-3-9-17-22,19-21-13-6-2-7-14-21)26-24(29)27(23)18-10-15-20-11-4-1-5-12-20/h1-17H,18-19H2,(H,26,29)/b15-10+/t25-/m0/s1. The summed E-state index contributed by atoms with van der Waals surface area (Å²) in [5, 5.41) is 2.98. The van der Waals surface area contributed by atoms with Crippen LogP contribution in [0.4, 0.5) is 4.79 Å².